The highest BCUT2D eigenvalue weighted by molar-refractivity contribution is 5.90. The smallest absolute Gasteiger partial charge is 0.158 e. The van der Waals surface area contributed by atoms with Crippen molar-refractivity contribution in [2.24, 2.45) is 5.92 Å². The van der Waals surface area contributed by atoms with Crippen LogP contribution in [0, 0.1) is 17.2 Å². The summed E-state index contributed by atoms with van der Waals surface area (Å²) in [5, 5.41) is 25.1. The average molecular weight is 411 g/mol. The van der Waals surface area contributed by atoms with E-state index in [4.69, 9.17) is 10.00 Å². The van der Waals surface area contributed by atoms with Crippen LogP contribution in [-0.4, -0.2) is 39.9 Å². The van der Waals surface area contributed by atoms with Gasteiger partial charge >= 0.3 is 0 Å². The van der Waals surface area contributed by atoms with Crippen molar-refractivity contribution in [3.8, 4) is 23.1 Å². The molecular formula is C23H21N7O. The lowest BCUT2D eigenvalue weighted by Gasteiger charge is -2.15. The van der Waals surface area contributed by atoms with Gasteiger partial charge in [-0.15, -0.1) is 0 Å². The predicted octanol–water partition coefficient (Wildman–Crippen LogP) is 3.62. The maximum absolute atomic E-state index is 8.86. The number of nitriles is 1. The summed E-state index contributed by atoms with van der Waals surface area (Å²) in [6.45, 7) is 2.72. The minimum absolute atomic E-state index is 0.267. The molecule has 0 saturated carbocycles. The Bertz CT molecular complexity index is 1240. The largest absolute Gasteiger partial charge is 0.493 e. The molecule has 1 saturated heterocycles. The molecule has 4 aromatic rings. The number of aromatic amines is 1. The van der Waals surface area contributed by atoms with Gasteiger partial charge in [0.1, 0.15) is 17.6 Å². The molecular weight excluding hydrogens is 390 g/mol. The first-order valence-corrected chi connectivity index (χ1v) is 10.2. The molecule has 8 heteroatoms. The fraction of sp³-hybridized carbons (Fsp3) is 0.217. The fourth-order valence-corrected chi connectivity index (χ4v) is 3.72. The summed E-state index contributed by atoms with van der Waals surface area (Å²) in [5.41, 5.74) is 2.06. The molecule has 0 aliphatic carbocycles. The van der Waals surface area contributed by atoms with Gasteiger partial charge < -0.3 is 15.4 Å². The highest BCUT2D eigenvalue weighted by Gasteiger charge is 2.17. The van der Waals surface area contributed by atoms with Gasteiger partial charge in [-0.1, -0.05) is 24.3 Å². The van der Waals surface area contributed by atoms with E-state index in [1.807, 2.05) is 24.3 Å². The zero-order valence-electron chi connectivity index (χ0n) is 16.8. The molecule has 154 valence electrons. The average Bonchev–Trinajstić information content (AvgIpc) is 3.50. The molecule has 8 nitrogen and oxygen atoms in total. The number of nitrogens with zero attached hydrogens (tertiary/aromatic N) is 4. The van der Waals surface area contributed by atoms with E-state index < -0.39 is 0 Å². The van der Waals surface area contributed by atoms with Crippen LogP contribution in [0.1, 0.15) is 12.1 Å². The van der Waals surface area contributed by atoms with Crippen molar-refractivity contribution in [3.63, 3.8) is 0 Å². The number of H-pyrrole nitrogens is 1. The number of rotatable bonds is 6. The monoisotopic (exact) mass is 411 g/mol. The molecule has 1 atom stereocenters. The first-order chi connectivity index (χ1) is 15.3. The Balaban J connectivity index is 1.43. The molecule has 2 aromatic carbocycles. The Hall–Kier alpha value is -3.96. The first kappa shape index (κ1) is 19.0. The van der Waals surface area contributed by atoms with E-state index in [-0.39, 0.29) is 5.69 Å². The zero-order valence-corrected chi connectivity index (χ0v) is 16.8. The molecule has 1 fully saturated rings. The van der Waals surface area contributed by atoms with Crippen molar-refractivity contribution in [3.05, 3.63) is 60.6 Å². The summed E-state index contributed by atoms with van der Waals surface area (Å²) >= 11 is 0. The summed E-state index contributed by atoms with van der Waals surface area (Å²) < 4.78 is 6.28. The van der Waals surface area contributed by atoms with Crippen molar-refractivity contribution >= 4 is 22.4 Å². The molecule has 1 unspecified atom stereocenters. The van der Waals surface area contributed by atoms with Gasteiger partial charge in [-0.05, 0) is 35.9 Å². The standard InChI is InChI=1S/C23H21N7O/c24-10-18-12-27-23(13-26-18)28-22-9-20(29-30-22)19-7-16-3-1-2-4-17(16)8-21(19)31-14-15-5-6-25-11-15/h1-4,7-9,12-13,15,25H,5-6,11,14H2,(H2,27,28,29,30). The van der Waals surface area contributed by atoms with Crippen molar-refractivity contribution in [2.45, 2.75) is 6.42 Å². The summed E-state index contributed by atoms with van der Waals surface area (Å²) in [7, 11) is 0. The van der Waals surface area contributed by atoms with Crippen LogP contribution in [0.2, 0.25) is 0 Å². The minimum Gasteiger partial charge on any atom is -0.493 e. The molecule has 31 heavy (non-hydrogen) atoms. The highest BCUT2D eigenvalue weighted by Crippen LogP contribution is 2.35. The van der Waals surface area contributed by atoms with Gasteiger partial charge in [-0.3, -0.25) is 5.10 Å². The number of nitrogens with one attached hydrogen (secondary N) is 3. The second-order valence-corrected chi connectivity index (χ2v) is 7.56. The number of hydrogen-bond acceptors (Lipinski definition) is 7. The van der Waals surface area contributed by atoms with Crippen LogP contribution >= 0.6 is 0 Å². The second-order valence-electron chi connectivity index (χ2n) is 7.56. The molecule has 2 aromatic heterocycles. The minimum atomic E-state index is 0.267. The molecule has 5 rings (SSSR count). The van der Waals surface area contributed by atoms with Crippen LogP contribution in [0.4, 0.5) is 11.6 Å². The van der Waals surface area contributed by atoms with E-state index >= 15 is 0 Å². The molecule has 0 bridgehead atoms. The van der Waals surface area contributed by atoms with Gasteiger partial charge in [0.25, 0.3) is 0 Å². The Morgan fingerprint density at radius 3 is 2.71 bits per heavy atom. The zero-order chi connectivity index (χ0) is 21.0. The number of aromatic nitrogens is 4. The molecule has 0 amide bonds. The van der Waals surface area contributed by atoms with Crippen molar-refractivity contribution in [1.82, 2.24) is 25.5 Å². The Labute approximate surface area is 179 Å². The van der Waals surface area contributed by atoms with Crippen molar-refractivity contribution in [2.75, 3.05) is 25.0 Å². The van der Waals surface area contributed by atoms with Gasteiger partial charge in [0.2, 0.25) is 0 Å². The first-order valence-electron chi connectivity index (χ1n) is 10.2. The number of benzene rings is 2. The Morgan fingerprint density at radius 2 is 1.97 bits per heavy atom. The summed E-state index contributed by atoms with van der Waals surface area (Å²) in [6.07, 6.45) is 4.06. The van der Waals surface area contributed by atoms with Crippen LogP contribution < -0.4 is 15.4 Å². The third-order valence-corrected chi connectivity index (χ3v) is 5.38. The summed E-state index contributed by atoms with van der Waals surface area (Å²) in [6, 6.07) is 16.3. The Kier molecular flexibility index (Phi) is 5.17. The van der Waals surface area contributed by atoms with E-state index in [2.05, 4.69) is 55.1 Å². The molecule has 1 aliphatic heterocycles. The van der Waals surface area contributed by atoms with Crippen LogP contribution in [0.5, 0.6) is 5.75 Å². The number of fused-ring (bicyclic) bond motifs is 1. The fourth-order valence-electron chi connectivity index (χ4n) is 3.72. The quantitative estimate of drug-likeness (QED) is 0.444. The normalized spacial score (nSPS) is 15.6. The second kappa shape index (κ2) is 8.42. The van der Waals surface area contributed by atoms with Crippen molar-refractivity contribution < 1.29 is 4.74 Å². The maximum Gasteiger partial charge on any atom is 0.158 e. The summed E-state index contributed by atoms with van der Waals surface area (Å²) in [5.74, 6) is 2.47. The van der Waals surface area contributed by atoms with Crippen LogP contribution in [0.25, 0.3) is 22.0 Å². The van der Waals surface area contributed by atoms with E-state index in [1.54, 1.807) is 0 Å². The van der Waals surface area contributed by atoms with E-state index in [0.717, 1.165) is 47.3 Å². The molecule has 0 spiro atoms. The number of ether oxygens (including phenoxy) is 1. The summed E-state index contributed by atoms with van der Waals surface area (Å²) in [4.78, 5) is 8.20. The van der Waals surface area contributed by atoms with E-state index in [1.165, 1.54) is 12.4 Å². The van der Waals surface area contributed by atoms with Crippen LogP contribution in [0.3, 0.4) is 0 Å². The lowest BCUT2D eigenvalue weighted by atomic mass is 10.0. The lowest BCUT2D eigenvalue weighted by Crippen LogP contribution is -2.15. The van der Waals surface area contributed by atoms with Gasteiger partial charge in [-0.25, -0.2) is 9.97 Å². The van der Waals surface area contributed by atoms with Crippen LogP contribution in [-0.2, 0) is 0 Å². The van der Waals surface area contributed by atoms with Gasteiger partial charge in [0.05, 0.1) is 24.7 Å². The van der Waals surface area contributed by atoms with Gasteiger partial charge in [0, 0.05) is 24.1 Å². The SMILES string of the molecule is N#Cc1cnc(Nc2cc(-c3cc4ccccc4cc3OCC3CCNC3)[nH]n2)cn1. The van der Waals surface area contributed by atoms with E-state index in [0.29, 0.717) is 24.2 Å². The van der Waals surface area contributed by atoms with Crippen LogP contribution in [0.15, 0.2) is 54.9 Å². The molecule has 3 N–H and O–H groups in total. The number of hydrogen-bond donors (Lipinski definition) is 3. The van der Waals surface area contributed by atoms with Gasteiger partial charge in [-0.2, -0.15) is 10.4 Å². The van der Waals surface area contributed by atoms with Crippen molar-refractivity contribution in [1.29, 1.82) is 5.26 Å². The molecule has 3 heterocycles. The molecule has 1 aliphatic rings. The number of anilines is 2. The predicted molar refractivity (Wildman–Crippen MR) is 118 cm³/mol. The highest BCUT2D eigenvalue weighted by atomic mass is 16.5. The Morgan fingerprint density at radius 1 is 1.10 bits per heavy atom. The topological polar surface area (TPSA) is 112 Å². The van der Waals surface area contributed by atoms with E-state index in [9.17, 15) is 0 Å². The third-order valence-electron chi connectivity index (χ3n) is 5.38. The lowest BCUT2D eigenvalue weighted by molar-refractivity contribution is 0.261. The van der Waals surface area contributed by atoms with Gasteiger partial charge in [0.15, 0.2) is 11.5 Å². The molecule has 0 radical (unpaired) electrons. The third kappa shape index (κ3) is 4.17. The maximum atomic E-state index is 8.86.